The number of aromatic nitrogens is 4. The third-order valence-corrected chi connectivity index (χ3v) is 8.23. The number of carbonyl (C=O) groups is 1. The van der Waals surface area contributed by atoms with Crippen molar-refractivity contribution in [3.63, 3.8) is 0 Å². The molecule has 7 nitrogen and oxygen atoms in total. The van der Waals surface area contributed by atoms with Crippen LogP contribution in [0.25, 0.3) is 22.5 Å². The van der Waals surface area contributed by atoms with Crippen molar-refractivity contribution >= 4 is 18.4 Å². The van der Waals surface area contributed by atoms with E-state index in [1.54, 1.807) is 0 Å². The minimum absolute atomic E-state index is 0. The molecule has 6 aromatic rings. The molecule has 0 aliphatic rings. The predicted octanol–water partition coefficient (Wildman–Crippen LogP) is 7.47. The molecule has 0 fully saturated rings. The number of nitrogens with zero attached hydrogens (tertiary/aromatic N) is 4. The lowest BCUT2D eigenvalue weighted by Gasteiger charge is -2.36. The van der Waals surface area contributed by atoms with Crippen LogP contribution in [0, 0.1) is 5.92 Å². The zero-order chi connectivity index (χ0) is 31.2. The minimum Gasteiger partial charge on any atom is -0.480 e. The lowest BCUT2D eigenvalue weighted by molar-refractivity contribution is -0.140. The van der Waals surface area contributed by atoms with Gasteiger partial charge in [0.2, 0.25) is 0 Å². The van der Waals surface area contributed by atoms with Gasteiger partial charge in [0.05, 0.1) is 0 Å². The van der Waals surface area contributed by atoms with E-state index in [0.717, 1.165) is 38.9 Å². The van der Waals surface area contributed by atoms with Crippen molar-refractivity contribution in [2.24, 2.45) is 5.92 Å². The van der Waals surface area contributed by atoms with Crippen LogP contribution in [-0.4, -0.2) is 37.3 Å². The molecule has 2 N–H and O–H groups in total. The standard InChI is InChI=1S/C38H35N5O2.ClH/c1-27(2)35(37(44)45)39-26-28-23-24-33(29-15-7-3-8-16-29)34(25-28)36-40-41-42-43(36)38(30-17-9-4-10-18-30,31-19-11-5-12-20-31)32-21-13-6-14-22-32;/h3-25,27,35,39H,26H2,1-2H3,(H,44,45);1H/t35-;/m0./s1. The summed E-state index contributed by atoms with van der Waals surface area (Å²) in [5.41, 5.74) is 5.89. The van der Waals surface area contributed by atoms with E-state index < -0.39 is 17.6 Å². The summed E-state index contributed by atoms with van der Waals surface area (Å²) in [6, 6.07) is 46.6. The highest BCUT2D eigenvalue weighted by atomic mass is 35.5. The van der Waals surface area contributed by atoms with Gasteiger partial charge in [-0.25, -0.2) is 4.68 Å². The number of rotatable bonds is 11. The molecule has 1 heterocycles. The molecule has 8 heteroatoms. The molecule has 0 unspecified atom stereocenters. The van der Waals surface area contributed by atoms with E-state index in [1.807, 2.05) is 97.4 Å². The maximum atomic E-state index is 11.9. The van der Waals surface area contributed by atoms with Crippen LogP contribution in [0.2, 0.25) is 0 Å². The Morgan fingerprint density at radius 2 is 1.24 bits per heavy atom. The number of hydrogen-bond donors (Lipinski definition) is 2. The van der Waals surface area contributed by atoms with Gasteiger partial charge in [-0.2, -0.15) is 0 Å². The van der Waals surface area contributed by atoms with Crippen molar-refractivity contribution in [3.8, 4) is 22.5 Å². The van der Waals surface area contributed by atoms with Crippen LogP contribution in [0.15, 0.2) is 140 Å². The maximum Gasteiger partial charge on any atom is 0.320 e. The highest BCUT2D eigenvalue weighted by Gasteiger charge is 2.42. The summed E-state index contributed by atoms with van der Waals surface area (Å²) in [6.45, 7) is 4.18. The second kappa shape index (κ2) is 14.3. The molecular weight excluding hydrogens is 594 g/mol. The monoisotopic (exact) mass is 629 g/mol. The Morgan fingerprint density at radius 1 is 0.739 bits per heavy atom. The SMILES string of the molecule is CC(C)[C@H](NCc1ccc(-c2ccccc2)c(-c2nnnn2C(c2ccccc2)(c2ccccc2)c2ccccc2)c1)C(=O)O.Cl. The van der Waals surface area contributed by atoms with E-state index in [4.69, 9.17) is 10.3 Å². The number of carboxylic acid groups (broad SMARTS) is 1. The lowest BCUT2D eigenvalue weighted by Crippen LogP contribution is -2.40. The zero-order valence-electron chi connectivity index (χ0n) is 25.7. The van der Waals surface area contributed by atoms with Gasteiger partial charge in [0, 0.05) is 12.1 Å². The Balaban J connectivity index is 0.00000417. The lowest BCUT2D eigenvalue weighted by atomic mass is 9.77. The Bertz CT molecular complexity index is 1770. The molecule has 0 radical (unpaired) electrons. The molecule has 1 aromatic heterocycles. The fourth-order valence-electron chi connectivity index (χ4n) is 6.08. The molecule has 1 atom stereocenters. The number of carboxylic acids is 1. The third-order valence-electron chi connectivity index (χ3n) is 8.23. The van der Waals surface area contributed by atoms with Gasteiger partial charge >= 0.3 is 5.97 Å². The van der Waals surface area contributed by atoms with Crippen molar-refractivity contribution < 1.29 is 9.90 Å². The van der Waals surface area contributed by atoms with Crippen LogP contribution in [-0.2, 0) is 16.9 Å². The topological polar surface area (TPSA) is 92.9 Å². The normalized spacial score (nSPS) is 12.0. The summed E-state index contributed by atoms with van der Waals surface area (Å²) < 4.78 is 1.93. The van der Waals surface area contributed by atoms with Gasteiger partial charge in [0.1, 0.15) is 11.6 Å². The van der Waals surface area contributed by atoms with Crippen LogP contribution < -0.4 is 5.32 Å². The zero-order valence-corrected chi connectivity index (χ0v) is 26.5. The quantitative estimate of drug-likeness (QED) is 0.144. The van der Waals surface area contributed by atoms with E-state index >= 15 is 0 Å². The van der Waals surface area contributed by atoms with Crippen molar-refractivity contribution in [1.82, 2.24) is 25.5 Å². The smallest absolute Gasteiger partial charge is 0.320 e. The summed E-state index contributed by atoms with van der Waals surface area (Å²) in [6.07, 6.45) is 0. The largest absolute Gasteiger partial charge is 0.480 e. The molecule has 6 rings (SSSR count). The van der Waals surface area contributed by atoms with Crippen LogP contribution in [0.3, 0.4) is 0 Å². The van der Waals surface area contributed by atoms with Gasteiger partial charge in [0.15, 0.2) is 5.82 Å². The summed E-state index contributed by atoms with van der Waals surface area (Å²) in [5.74, 6) is -0.347. The second-order valence-electron chi connectivity index (χ2n) is 11.4. The molecule has 5 aromatic carbocycles. The first-order valence-corrected chi connectivity index (χ1v) is 15.1. The number of benzene rings is 5. The Kier molecular flexibility index (Phi) is 10.1. The first-order chi connectivity index (χ1) is 22.0. The van der Waals surface area contributed by atoms with Gasteiger partial charge in [0.25, 0.3) is 0 Å². The van der Waals surface area contributed by atoms with Gasteiger partial charge in [-0.1, -0.05) is 147 Å². The van der Waals surface area contributed by atoms with Crippen molar-refractivity contribution in [2.45, 2.75) is 32.0 Å². The Morgan fingerprint density at radius 3 is 1.72 bits per heavy atom. The number of tetrazole rings is 1. The highest BCUT2D eigenvalue weighted by Crippen LogP contribution is 2.43. The molecule has 0 aliphatic heterocycles. The predicted molar refractivity (Wildman–Crippen MR) is 184 cm³/mol. The Labute approximate surface area is 275 Å². The van der Waals surface area contributed by atoms with Crippen LogP contribution >= 0.6 is 12.4 Å². The molecule has 232 valence electrons. The summed E-state index contributed by atoms with van der Waals surface area (Å²) >= 11 is 0. The molecule has 0 saturated heterocycles. The van der Waals surface area contributed by atoms with Crippen molar-refractivity contribution in [1.29, 1.82) is 0 Å². The van der Waals surface area contributed by atoms with Crippen LogP contribution in [0.1, 0.15) is 36.1 Å². The Hall–Kier alpha value is -5.11. The molecule has 0 aliphatic carbocycles. The fraction of sp³-hybridized carbons (Fsp3) is 0.158. The van der Waals surface area contributed by atoms with E-state index in [0.29, 0.717) is 12.4 Å². The van der Waals surface area contributed by atoms with Gasteiger partial charge in [-0.3, -0.25) is 4.79 Å². The second-order valence-corrected chi connectivity index (χ2v) is 11.4. The average molecular weight is 630 g/mol. The number of aliphatic carboxylic acids is 1. The molecule has 46 heavy (non-hydrogen) atoms. The van der Waals surface area contributed by atoms with Gasteiger partial charge in [-0.05, 0) is 55.8 Å². The van der Waals surface area contributed by atoms with E-state index in [2.05, 4.69) is 71.2 Å². The molecule has 0 amide bonds. The number of halogens is 1. The molecular formula is C38H36ClN5O2. The average Bonchev–Trinajstić information content (AvgIpc) is 3.57. The number of hydrogen-bond acceptors (Lipinski definition) is 5. The summed E-state index contributed by atoms with van der Waals surface area (Å²) in [5, 5.41) is 26.7. The first-order valence-electron chi connectivity index (χ1n) is 15.1. The molecule has 0 spiro atoms. The molecule has 0 saturated carbocycles. The van der Waals surface area contributed by atoms with Gasteiger partial charge in [-0.15, -0.1) is 17.5 Å². The van der Waals surface area contributed by atoms with Crippen molar-refractivity contribution in [2.75, 3.05) is 0 Å². The van der Waals surface area contributed by atoms with Gasteiger partial charge < -0.3 is 10.4 Å². The third kappa shape index (κ3) is 6.20. The minimum atomic E-state index is -0.906. The molecule has 0 bridgehead atoms. The fourth-order valence-corrected chi connectivity index (χ4v) is 6.08. The highest BCUT2D eigenvalue weighted by molar-refractivity contribution is 5.85. The summed E-state index contributed by atoms with van der Waals surface area (Å²) in [7, 11) is 0. The first kappa shape index (κ1) is 32.3. The van der Waals surface area contributed by atoms with Crippen LogP contribution in [0.5, 0.6) is 0 Å². The summed E-state index contributed by atoms with van der Waals surface area (Å²) in [4.78, 5) is 11.9. The van der Waals surface area contributed by atoms with E-state index in [-0.39, 0.29) is 18.3 Å². The number of nitrogens with one attached hydrogen (secondary N) is 1. The van der Waals surface area contributed by atoms with E-state index in [9.17, 15) is 9.90 Å². The van der Waals surface area contributed by atoms with Crippen LogP contribution in [0.4, 0.5) is 0 Å². The van der Waals surface area contributed by atoms with Crippen molar-refractivity contribution in [3.05, 3.63) is 162 Å². The van der Waals surface area contributed by atoms with E-state index in [1.165, 1.54) is 0 Å². The maximum absolute atomic E-state index is 11.9.